The van der Waals surface area contributed by atoms with E-state index >= 15 is 0 Å². The average Bonchev–Trinajstić information content (AvgIpc) is 3.68. The Morgan fingerprint density at radius 3 is 2.30 bits per heavy atom. The second-order valence-electron chi connectivity index (χ2n) is 13.4. The molecule has 0 radical (unpaired) electrons. The summed E-state index contributed by atoms with van der Waals surface area (Å²) in [6, 6.07) is 44.6. The quantitative estimate of drug-likeness (QED) is 0.186. The number of fused-ring (bicyclic) bond motifs is 4. The van der Waals surface area contributed by atoms with E-state index in [4.69, 9.17) is 9.10 Å². The molecule has 3 heterocycles. The lowest BCUT2D eigenvalue weighted by atomic mass is 9.77. The number of para-hydroxylation sites is 3. The summed E-state index contributed by atoms with van der Waals surface area (Å²) in [5, 5.41) is 2.37. The third-order valence-corrected chi connectivity index (χ3v) is 9.89. The Morgan fingerprint density at radius 1 is 0.702 bits per heavy atom. The maximum atomic E-state index is 8.16. The van der Waals surface area contributed by atoms with Gasteiger partial charge in [-0.3, -0.25) is 4.57 Å². The highest BCUT2D eigenvalue weighted by molar-refractivity contribution is 6.09. The molecule has 0 unspecified atom stereocenters. The van der Waals surface area contributed by atoms with Gasteiger partial charge in [0.15, 0.2) is 0 Å². The summed E-state index contributed by atoms with van der Waals surface area (Å²) in [6.45, 7) is 7.02. The van der Waals surface area contributed by atoms with Crippen molar-refractivity contribution in [3.63, 3.8) is 0 Å². The van der Waals surface area contributed by atoms with Gasteiger partial charge >= 0.3 is 0 Å². The Labute approximate surface area is 281 Å². The summed E-state index contributed by atoms with van der Waals surface area (Å²) < 4.78 is 26.8. The lowest BCUT2D eigenvalue weighted by Gasteiger charge is -2.28. The van der Waals surface area contributed by atoms with E-state index in [0.29, 0.717) is 5.92 Å². The number of nitrogens with zero attached hydrogens (tertiary/aromatic N) is 4. The van der Waals surface area contributed by atoms with Crippen LogP contribution in [-0.4, -0.2) is 23.2 Å². The average molecular weight is 616 g/mol. The zero-order chi connectivity index (χ0) is 34.8. The van der Waals surface area contributed by atoms with Gasteiger partial charge in [0.05, 0.1) is 29.1 Å². The summed E-state index contributed by atoms with van der Waals surface area (Å²) in [5.74, 6) is 1.29. The molecule has 0 atom stereocenters. The highest BCUT2D eigenvalue weighted by Crippen LogP contribution is 2.42. The third kappa shape index (κ3) is 4.79. The van der Waals surface area contributed by atoms with E-state index in [-0.39, 0.29) is 12.1 Å². The highest BCUT2D eigenvalue weighted by atomic mass is 15.4. The van der Waals surface area contributed by atoms with E-state index in [1.165, 1.54) is 32.4 Å². The zero-order valence-electron chi connectivity index (χ0n) is 30.3. The first-order chi connectivity index (χ1) is 24.0. The molecule has 4 heteroatoms. The van der Waals surface area contributed by atoms with Crippen molar-refractivity contribution in [2.24, 2.45) is 0 Å². The Kier molecular flexibility index (Phi) is 6.13. The van der Waals surface area contributed by atoms with Crippen molar-refractivity contribution in [1.29, 1.82) is 0 Å². The molecule has 0 spiro atoms. The fourth-order valence-corrected chi connectivity index (χ4v) is 7.24. The van der Waals surface area contributed by atoms with Gasteiger partial charge in [0.1, 0.15) is 5.82 Å². The number of rotatable bonds is 6. The standard InChI is InChI=1S/C43H40N4/c1-29(2)34-15-6-7-16-35(34)30-23-24-44-42(25-30)47-38-18-9-8-17-36(38)37-22-21-32(27-41(37)47)43(3,4)31-13-12-14-33(26-31)46-28-45(5)39-19-10-11-20-40(39)46/h6-27,29H,28H2,1-5H3/i5D3. The topological polar surface area (TPSA) is 24.3 Å². The van der Waals surface area contributed by atoms with Crippen LogP contribution in [0.5, 0.6) is 0 Å². The van der Waals surface area contributed by atoms with Gasteiger partial charge in [-0.2, -0.15) is 0 Å². The van der Waals surface area contributed by atoms with Gasteiger partial charge in [-0.25, -0.2) is 4.98 Å². The van der Waals surface area contributed by atoms with Crippen LogP contribution in [0.4, 0.5) is 17.1 Å². The molecule has 1 aliphatic heterocycles. The van der Waals surface area contributed by atoms with E-state index in [2.05, 4.69) is 140 Å². The van der Waals surface area contributed by atoms with Crippen LogP contribution in [-0.2, 0) is 5.41 Å². The summed E-state index contributed by atoms with van der Waals surface area (Å²) in [5.41, 5.74) is 10.5. The number of benzene rings is 5. The summed E-state index contributed by atoms with van der Waals surface area (Å²) in [7, 11) is 0. The zero-order valence-corrected chi connectivity index (χ0v) is 27.3. The van der Waals surface area contributed by atoms with Crippen molar-refractivity contribution < 1.29 is 4.11 Å². The second kappa shape index (κ2) is 11.2. The fraction of sp³-hybridized carbons (Fsp3) is 0.186. The molecule has 232 valence electrons. The first-order valence-corrected chi connectivity index (χ1v) is 16.4. The molecule has 0 amide bonds. The molecule has 1 aliphatic rings. The molecule has 5 aromatic carbocycles. The monoisotopic (exact) mass is 615 g/mol. The van der Waals surface area contributed by atoms with Gasteiger partial charge in [0.2, 0.25) is 0 Å². The minimum absolute atomic E-state index is 0.263. The summed E-state index contributed by atoms with van der Waals surface area (Å²) in [4.78, 5) is 8.54. The number of hydrogen-bond donors (Lipinski definition) is 0. The van der Waals surface area contributed by atoms with Gasteiger partial charge in [-0.05, 0) is 82.3 Å². The normalized spacial score (nSPS) is 14.4. The van der Waals surface area contributed by atoms with Gasteiger partial charge < -0.3 is 9.80 Å². The Morgan fingerprint density at radius 2 is 1.45 bits per heavy atom. The van der Waals surface area contributed by atoms with Crippen LogP contribution in [0.25, 0.3) is 38.8 Å². The molecular weight excluding hydrogens is 573 g/mol. The molecule has 0 saturated carbocycles. The molecule has 0 saturated heterocycles. The molecule has 0 bridgehead atoms. The molecule has 0 N–H and O–H groups in total. The molecular formula is C43H40N4. The Bertz CT molecular complexity index is 2390. The highest BCUT2D eigenvalue weighted by Gasteiger charge is 2.28. The van der Waals surface area contributed by atoms with Crippen molar-refractivity contribution in [2.45, 2.75) is 39.0 Å². The predicted molar refractivity (Wildman–Crippen MR) is 199 cm³/mol. The van der Waals surface area contributed by atoms with E-state index in [9.17, 15) is 0 Å². The van der Waals surface area contributed by atoms with E-state index < -0.39 is 6.98 Å². The molecule has 7 aromatic rings. The lowest BCUT2D eigenvalue weighted by Crippen LogP contribution is -2.25. The molecule has 47 heavy (non-hydrogen) atoms. The van der Waals surface area contributed by atoms with Crippen molar-refractivity contribution in [3.8, 4) is 16.9 Å². The van der Waals surface area contributed by atoms with E-state index in [1.54, 1.807) is 0 Å². The summed E-state index contributed by atoms with van der Waals surface area (Å²) in [6.07, 6.45) is 1.92. The van der Waals surface area contributed by atoms with Crippen molar-refractivity contribution in [1.82, 2.24) is 9.55 Å². The largest absolute Gasteiger partial charge is 0.355 e. The van der Waals surface area contributed by atoms with Crippen LogP contribution < -0.4 is 9.80 Å². The first-order valence-electron chi connectivity index (χ1n) is 17.9. The third-order valence-electron chi connectivity index (χ3n) is 9.89. The number of hydrogen-bond acceptors (Lipinski definition) is 3. The minimum atomic E-state index is -2.23. The van der Waals surface area contributed by atoms with Gasteiger partial charge in [0, 0.05) is 39.2 Å². The maximum Gasteiger partial charge on any atom is 0.138 e. The number of pyridine rings is 1. The van der Waals surface area contributed by atoms with Gasteiger partial charge in [-0.1, -0.05) is 107 Å². The smallest absolute Gasteiger partial charge is 0.138 e. The molecule has 4 nitrogen and oxygen atoms in total. The molecule has 2 aromatic heterocycles. The van der Waals surface area contributed by atoms with Crippen molar-refractivity contribution in [2.75, 3.05) is 23.4 Å². The molecule has 0 fully saturated rings. The molecule has 8 rings (SSSR count). The predicted octanol–water partition coefficient (Wildman–Crippen LogP) is 10.8. The van der Waals surface area contributed by atoms with Crippen LogP contribution in [0.3, 0.4) is 0 Å². The first kappa shape index (κ1) is 25.8. The van der Waals surface area contributed by atoms with Crippen LogP contribution in [0.2, 0.25) is 0 Å². The van der Waals surface area contributed by atoms with Crippen LogP contribution in [0, 0.1) is 0 Å². The minimum Gasteiger partial charge on any atom is -0.355 e. The SMILES string of the molecule is [2H]C([2H])([2H])N1CN(c2cccc(C(C)(C)c3ccc4c5ccccc5n(-c5cc(-c6ccccc6C(C)C)ccn5)c4c3)c2)c2ccccc21. The van der Waals surface area contributed by atoms with Crippen LogP contribution >= 0.6 is 0 Å². The number of anilines is 3. The van der Waals surface area contributed by atoms with Gasteiger partial charge in [0.25, 0.3) is 0 Å². The van der Waals surface area contributed by atoms with Crippen molar-refractivity contribution in [3.05, 3.63) is 150 Å². The Balaban J connectivity index is 1.23. The van der Waals surface area contributed by atoms with Crippen molar-refractivity contribution >= 4 is 38.9 Å². The summed E-state index contributed by atoms with van der Waals surface area (Å²) >= 11 is 0. The second-order valence-corrected chi connectivity index (χ2v) is 13.4. The number of aromatic nitrogens is 2. The van der Waals surface area contributed by atoms with E-state index in [0.717, 1.165) is 45.0 Å². The fourth-order valence-electron chi connectivity index (χ4n) is 7.24. The maximum absolute atomic E-state index is 8.16. The van der Waals surface area contributed by atoms with Crippen LogP contribution in [0.15, 0.2) is 134 Å². The lowest BCUT2D eigenvalue weighted by molar-refractivity contribution is 0.641. The molecule has 0 aliphatic carbocycles. The van der Waals surface area contributed by atoms with E-state index in [1.807, 2.05) is 30.5 Å². The van der Waals surface area contributed by atoms with Gasteiger partial charge in [-0.15, -0.1) is 0 Å². The Hall–Kier alpha value is -5.35. The van der Waals surface area contributed by atoms with Crippen LogP contribution in [0.1, 0.15) is 54.4 Å².